The highest BCUT2D eigenvalue weighted by molar-refractivity contribution is 7.99. The van der Waals surface area contributed by atoms with Crippen LogP contribution in [0.4, 0.5) is 5.13 Å². The molecule has 5 rings (SSSR count). The molecule has 7 nitrogen and oxygen atoms in total. The van der Waals surface area contributed by atoms with Crippen molar-refractivity contribution in [3.8, 4) is 51.2 Å². The zero-order valence-electron chi connectivity index (χ0n) is 23.1. The number of hydrogen-bond donors (Lipinski definition) is 1. The third-order valence-electron chi connectivity index (χ3n) is 6.40. The van der Waals surface area contributed by atoms with Gasteiger partial charge in [-0.25, -0.2) is 9.97 Å². The van der Waals surface area contributed by atoms with Crippen LogP contribution >= 0.6 is 46.3 Å². The van der Waals surface area contributed by atoms with Crippen molar-refractivity contribution in [2.75, 3.05) is 25.3 Å². The molecule has 1 N–H and O–H groups in total. The predicted octanol–water partition coefficient (Wildman–Crippen LogP) is 8.86. The van der Waals surface area contributed by atoms with Crippen molar-refractivity contribution >= 4 is 57.3 Å². The first-order valence-electron chi connectivity index (χ1n) is 13.0. The van der Waals surface area contributed by atoms with Crippen LogP contribution in [0, 0.1) is 11.3 Å². The van der Waals surface area contributed by atoms with E-state index in [0.29, 0.717) is 65.5 Å². The number of aromatic nitrogens is 2. The van der Waals surface area contributed by atoms with Crippen LogP contribution < -0.4 is 14.8 Å². The van der Waals surface area contributed by atoms with Gasteiger partial charge in [0.2, 0.25) is 5.91 Å². The first-order valence-corrected chi connectivity index (χ1v) is 15.6. The molecule has 0 radical (unpaired) electrons. The molecule has 0 saturated heterocycles. The summed E-state index contributed by atoms with van der Waals surface area (Å²) in [4.78, 5) is 22.2. The number of amides is 1. The zero-order chi connectivity index (χ0) is 30.3. The number of thiazole rings is 1. The van der Waals surface area contributed by atoms with Crippen molar-refractivity contribution < 1.29 is 14.3 Å². The van der Waals surface area contributed by atoms with Gasteiger partial charge in [-0.05, 0) is 36.4 Å². The van der Waals surface area contributed by atoms with E-state index in [1.165, 1.54) is 23.1 Å². The first kappa shape index (κ1) is 30.4. The van der Waals surface area contributed by atoms with Crippen molar-refractivity contribution in [2.24, 2.45) is 0 Å². The smallest absolute Gasteiger partial charge is 0.226 e. The number of ether oxygens (including phenoxy) is 2. The molecule has 2 aromatic heterocycles. The number of nitriles is 1. The number of anilines is 1. The first-order chi connectivity index (χ1) is 20.9. The normalized spacial score (nSPS) is 10.7. The highest BCUT2D eigenvalue weighted by atomic mass is 35.5. The van der Waals surface area contributed by atoms with Gasteiger partial charge in [0, 0.05) is 39.8 Å². The highest BCUT2D eigenvalue weighted by Gasteiger charge is 2.20. The Labute approximate surface area is 267 Å². The number of halogens is 2. The fourth-order valence-electron chi connectivity index (χ4n) is 4.27. The van der Waals surface area contributed by atoms with Crippen molar-refractivity contribution in [2.45, 2.75) is 11.4 Å². The molecule has 2 heterocycles. The van der Waals surface area contributed by atoms with E-state index in [2.05, 4.69) is 16.4 Å². The molecular weight excluding hydrogens is 623 g/mol. The van der Waals surface area contributed by atoms with Gasteiger partial charge in [-0.2, -0.15) is 5.26 Å². The second-order valence-electron chi connectivity index (χ2n) is 9.09. The molecule has 0 saturated carbocycles. The van der Waals surface area contributed by atoms with Gasteiger partial charge in [-0.1, -0.05) is 59.6 Å². The Kier molecular flexibility index (Phi) is 9.85. The van der Waals surface area contributed by atoms with Gasteiger partial charge in [0.1, 0.15) is 22.6 Å². The molecule has 0 atom stereocenters. The van der Waals surface area contributed by atoms with Gasteiger partial charge >= 0.3 is 0 Å². The summed E-state index contributed by atoms with van der Waals surface area (Å²) in [5, 5.41) is 16.9. The summed E-state index contributed by atoms with van der Waals surface area (Å²) in [5.74, 6) is 1.43. The quantitative estimate of drug-likeness (QED) is 0.151. The molecule has 0 fully saturated rings. The maximum Gasteiger partial charge on any atom is 0.226 e. The average molecular weight is 648 g/mol. The fraction of sp³-hybridized carbons (Fsp3) is 0.125. The summed E-state index contributed by atoms with van der Waals surface area (Å²) >= 11 is 14.8. The molecule has 0 spiro atoms. The Balaban J connectivity index is 1.37. The number of nitrogens with zero attached hydrogens (tertiary/aromatic N) is 3. The van der Waals surface area contributed by atoms with Crippen LogP contribution in [0.5, 0.6) is 11.5 Å². The van der Waals surface area contributed by atoms with Crippen LogP contribution in [0.2, 0.25) is 10.0 Å². The minimum Gasteiger partial charge on any atom is -0.497 e. The molecule has 0 bridgehead atoms. The highest BCUT2D eigenvalue weighted by Crippen LogP contribution is 2.40. The van der Waals surface area contributed by atoms with Crippen LogP contribution in [-0.4, -0.2) is 35.8 Å². The summed E-state index contributed by atoms with van der Waals surface area (Å²) < 4.78 is 11.1. The van der Waals surface area contributed by atoms with Crippen LogP contribution in [0.1, 0.15) is 12.0 Å². The van der Waals surface area contributed by atoms with Crippen molar-refractivity contribution in [1.29, 1.82) is 5.26 Å². The molecule has 11 heteroatoms. The Morgan fingerprint density at radius 3 is 2.47 bits per heavy atom. The second-order valence-corrected chi connectivity index (χ2v) is 11.8. The number of benzene rings is 3. The summed E-state index contributed by atoms with van der Waals surface area (Å²) in [6.45, 7) is 0. The lowest BCUT2D eigenvalue weighted by atomic mass is 9.98. The minimum atomic E-state index is -0.199. The lowest BCUT2D eigenvalue weighted by Crippen LogP contribution is -2.12. The summed E-state index contributed by atoms with van der Waals surface area (Å²) in [6, 6.07) is 24.7. The van der Waals surface area contributed by atoms with Gasteiger partial charge in [-0.3, -0.25) is 4.79 Å². The number of rotatable bonds is 10. The molecule has 0 aliphatic rings. The fourth-order valence-corrected chi connectivity index (χ4v) is 6.25. The van der Waals surface area contributed by atoms with Crippen LogP contribution in [-0.2, 0) is 4.79 Å². The number of carbonyl (C=O) groups is 1. The Bertz CT molecular complexity index is 1820. The number of hydrogen-bond acceptors (Lipinski definition) is 8. The maximum atomic E-state index is 12.8. The van der Waals surface area contributed by atoms with Crippen LogP contribution in [0.3, 0.4) is 0 Å². The van der Waals surface area contributed by atoms with E-state index in [1.807, 2.05) is 53.9 Å². The molecule has 5 aromatic rings. The third-order valence-corrected chi connectivity index (χ3v) is 8.87. The van der Waals surface area contributed by atoms with Gasteiger partial charge in [0.15, 0.2) is 5.13 Å². The summed E-state index contributed by atoms with van der Waals surface area (Å²) in [7, 11) is 3.17. The van der Waals surface area contributed by atoms with E-state index >= 15 is 0 Å². The summed E-state index contributed by atoms with van der Waals surface area (Å²) in [6.07, 6.45) is 0.187. The Hall–Kier alpha value is -4.07. The molecule has 43 heavy (non-hydrogen) atoms. The topological polar surface area (TPSA) is 97.1 Å². The van der Waals surface area contributed by atoms with Gasteiger partial charge in [0.05, 0.1) is 41.2 Å². The lowest BCUT2D eigenvalue weighted by Gasteiger charge is -2.15. The second kappa shape index (κ2) is 13.9. The van der Waals surface area contributed by atoms with E-state index in [9.17, 15) is 10.1 Å². The van der Waals surface area contributed by atoms with Crippen molar-refractivity contribution in [3.05, 3.63) is 93.8 Å². The van der Waals surface area contributed by atoms with Crippen LogP contribution in [0.25, 0.3) is 33.6 Å². The van der Waals surface area contributed by atoms with Crippen molar-refractivity contribution in [1.82, 2.24) is 9.97 Å². The maximum absolute atomic E-state index is 12.8. The van der Waals surface area contributed by atoms with E-state index in [-0.39, 0.29) is 12.3 Å². The molecule has 0 unspecified atom stereocenters. The Morgan fingerprint density at radius 2 is 1.74 bits per heavy atom. The average Bonchev–Trinajstić information content (AvgIpc) is 3.50. The largest absolute Gasteiger partial charge is 0.497 e. The van der Waals surface area contributed by atoms with Gasteiger partial charge in [-0.15, -0.1) is 23.1 Å². The molecule has 0 aliphatic carbocycles. The minimum absolute atomic E-state index is 0.187. The standard InChI is InChI=1S/C32H24Cl2N4O3S2/c1-40-21-9-11-29(41-2)23(15-21)22-16-27(19-6-4-3-5-7-19)36-31(24(22)17-35)42-13-12-30(39)38-32-37-28(18-43-32)20-8-10-25(33)26(34)14-20/h3-11,14-16,18H,12-13H2,1-2H3,(H,37,38,39). The molecule has 1 amide bonds. The number of nitrogens with one attached hydrogen (secondary N) is 1. The zero-order valence-corrected chi connectivity index (χ0v) is 26.2. The van der Waals surface area contributed by atoms with Crippen molar-refractivity contribution in [3.63, 3.8) is 0 Å². The van der Waals surface area contributed by atoms with Crippen LogP contribution in [0.15, 0.2) is 83.2 Å². The molecule has 3 aromatic carbocycles. The Morgan fingerprint density at radius 1 is 0.930 bits per heavy atom. The van der Waals surface area contributed by atoms with E-state index in [4.69, 9.17) is 37.7 Å². The SMILES string of the molecule is COc1ccc(OC)c(-c2cc(-c3ccccc3)nc(SCCC(=O)Nc3nc(-c4ccc(Cl)c(Cl)c4)cs3)c2C#N)c1. The number of carbonyl (C=O) groups excluding carboxylic acids is 1. The van der Waals surface area contributed by atoms with Gasteiger partial charge in [0.25, 0.3) is 0 Å². The number of thioether (sulfide) groups is 1. The monoisotopic (exact) mass is 646 g/mol. The summed E-state index contributed by atoms with van der Waals surface area (Å²) in [5.41, 5.74) is 4.85. The number of pyridine rings is 1. The molecule has 0 aliphatic heterocycles. The van der Waals surface area contributed by atoms with E-state index in [0.717, 1.165) is 11.1 Å². The van der Waals surface area contributed by atoms with E-state index in [1.54, 1.807) is 38.5 Å². The lowest BCUT2D eigenvalue weighted by molar-refractivity contribution is -0.115. The van der Waals surface area contributed by atoms with Gasteiger partial charge < -0.3 is 14.8 Å². The van der Waals surface area contributed by atoms with E-state index < -0.39 is 0 Å². The third kappa shape index (κ3) is 7.12. The molecular formula is C32H24Cl2N4O3S2. The predicted molar refractivity (Wildman–Crippen MR) is 174 cm³/mol. The number of methoxy groups -OCH3 is 2. The molecule has 216 valence electrons.